The van der Waals surface area contributed by atoms with E-state index < -0.39 is 0 Å². The number of hydrogen-bond acceptors (Lipinski definition) is 4. The number of rotatable bonds is 3. The molecule has 2 N–H and O–H groups in total. The molecule has 0 aliphatic carbocycles. The van der Waals surface area contributed by atoms with Crippen molar-refractivity contribution >= 4 is 22.7 Å². The first-order valence-electron chi connectivity index (χ1n) is 9.32. The van der Waals surface area contributed by atoms with Crippen LogP contribution < -0.4 is 11.0 Å². The van der Waals surface area contributed by atoms with E-state index in [2.05, 4.69) is 15.3 Å². The van der Waals surface area contributed by atoms with Crippen LogP contribution in [0.3, 0.4) is 0 Å². The van der Waals surface area contributed by atoms with Gasteiger partial charge in [0.1, 0.15) is 5.52 Å². The van der Waals surface area contributed by atoms with Crippen molar-refractivity contribution in [2.45, 2.75) is 33.1 Å². The predicted molar refractivity (Wildman–Crippen MR) is 112 cm³/mol. The molecule has 0 fully saturated rings. The molecule has 0 saturated carbocycles. The van der Waals surface area contributed by atoms with Crippen molar-refractivity contribution in [1.29, 1.82) is 0 Å². The minimum atomic E-state index is -0.242. The Morgan fingerprint density at radius 2 is 1.86 bits per heavy atom. The number of aromatic amines is 1. The Balaban J connectivity index is 1.55. The number of H-pyrrole nitrogens is 1. The van der Waals surface area contributed by atoms with Crippen LogP contribution in [0, 0.1) is 6.92 Å². The first-order valence-corrected chi connectivity index (χ1v) is 9.32. The third-order valence-corrected chi connectivity index (χ3v) is 4.64. The van der Waals surface area contributed by atoms with E-state index in [1.54, 1.807) is 53.2 Å². The van der Waals surface area contributed by atoms with Gasteiger partial charge in [-0.05, 0) is 49.4 Å². The lowest BCUT2D eigenvalue weighted by atomic mass is 9.97. The zero-order valence-corrected chi connectivity index (χ0v) is 16.7. The van der Waals surface area contributed by atoms with Crippen LogP contribution in [0.1, 0.15) is 42.7 Å². The van der Waals surface area contributed by atoms with Crippen molar-refractivity contribution in [3.05, 3.63) is 76.3 Å². The summed E-state index contributed by atoms with van der Waals surface area (Å²) < 4.78 is 7.34. The summed E-state index contributed by atoms with van der Waals surface area (Å²) in [6.07, 6.45) is 1.65. The van der Waals surface area contributed by atoms with Crippen LogP contribution >= 0.6 is 0 Å². The first kappa shape index (κ1) is 18.7. The molecule has 2 heterocycles. The van der Waals surface area contributed by atoms with Gasteiger partial charge in [-0.15, -0.1) is 0 Å². The summed E-state index contributed by atoms with van der Waals surface area (Å²) in [6, 6.07) is 12.3. The number of anilines is 1. The van der Waals surface area contributed by atoms with E-state index in [1.807, 2.05) is 27.7 Å². The molecular weight excluding hydrogens is 368 g/mol. The average Bonchev–Trinajstić information content (AvgIpc) is 3.24. The molecule has 29 heavy (non-hydrogen) atoms. The second kappa shape index (κ2) is 6.77. The number of imidazole rings is 1. The van der Waals surface area contributed by atoms with E-state index in [1.165, 1.54) is 0 Å². The third kappa shape index (κ3) is 3.59. The van der Waals surface area contributed by atoms with Gasteiger partial charge in [0.05, 0.1) is 5.69 Å². The fourth-order valence-corrected chi connectivity index (χ4v) is 3.07. The Labute approximate surface area is 167 Å². The van der Waals surface area contributed by atoms with Crippen LogP contribution in [0.5, 0.6) is 0 Å². The van der Waals surface area contributed by atoms with Crippen molar-refractivity contribution in [2.75, 3.05) is 5.32 Å². The number of carbonyl (C=O) groups excluding carboxylic acids is 1. The van der Waals surface area contributed by atoms with Gasteiger partial charge in [-0.1, -0.05) is 20.8 Å². The van der Waals surface area contributed by atoms with E-state index in [0.29, 0.717) is 33.9 Å². The number of carbonyl (C=O) groups is 1. The summed E-state index contributed by atoms with van der Waals surface area (Å²) in [5.41, 5.74) is 3.60. The monoisotopic (exact) mass is 390 g/mol. The Morgan fingerprint density at radius 1 is 1.14 bits per heavy atom. The van der Waals surface area contributed by atoms with Crippen LogP contribution in [0.15, 0.2) is 57.9 Å². The molecule has 7 nitrogen and oxygen atoms in total. The van der Waals surface area contributed by atoms with Crippen molar-refractivity contribution in [1.82, 2.24) is 14.5 Å². The maximum absolute atomic E-state index is 12.6. The quantitative estimate of drug-likeness (QED) is 0.549. The second-order valence-corrected chi connectivity index (χ2v) is 8.02. The largest absolute Gasteiger partial charge is 0.440 e. The van der Waals surface area contributed by atoms with E-state index in [0.717, 1.165) is 5.69 Å². The number of aromatic nitrogens is 3. The molecule has 0 unspecified atom stereocenters. The molecule has 2 aromatic carbocycles. The van der Waals surface area contributed by atoms with Crippen molar-refractivity contribution < 1.29 is 9.21 Å². The zero-order valence-electron chi connectivity index (χ0n) is 16.7. The number of fused-ring (bicyclic) bond motifs is 1. The van der Waals surface area contributed by atoms with E-state index in [4.69, 9.17) is 4.42 Å². The maximum atomic E-state index is 12.6. The molecule has 4 rings (SSSR count). The summed E-state index contributed by atoms with van der Waals surface area (Å²) in [5.74, 6) is 0.412. The summed E-state index contributed by atoms with van der Waals surface area (Å²) in [5, 5.41) is 2.88. The average molecular weight is 390 g/mol. The van der Waals surface area contributed by atoms with E-state index in [9.17, 15) is 9.59 Å². The highest BCUT2D eigenvalue weighted by Crippen LogP contribution is 2.27. The lowest BCUT2D eigenvalue weighted by Gasteiger charge is -2.11. The van der Waals surface area contributed by atoms with Gasteiger partial charge < -0.3 is 14.7 Å². The second-order valence-electron chi connectivity index (χ2n) is 8.02. The number of amides is 1. The topological polar surface area (TPSA) is 92.9 Å². The SMILES string of the molecule is Cc1c[nH]c(=O)n1-c1ccc(C(=O)Nc2ccc3oc(C(C)(C)C)nc3c2)cc1. The Morgan fingerprint density at radius 3 is 2.48 bits per heavy atom. The van der Waals surface area contributed by atoms with Crippen LogP contribution in [-0.4, -0.2) is 20.4 Å². The summed E-state index contributed by atoms with van der Waals surface area (Å²) in [7, 11) is 0. The van der Waals surface area contributed by atoms with Crippen molar-refractivity contribution in [3.8, 4) is 5.69 Å². The highest BCUT2D eigenvalue weighted by atomic mass is 16.3. The molecule has 1 amide bonds. The fraction of sp³-hybridized carbons (Fsp3) is 0.227. The van der Waals surface area contributed by atoms with Gasteiger partial charge >= 0.3 is 5.69 Å². The van der Waals surface area contributed by atoms with Crippen LogP contribution in [0.25, 0.3) is 16.8 Å². The third-order valence-electron chi connectivity index (χ3n) is 4.64. The Kier molecular flexibility index (Phi) is 4.38. The molecule has 0 atom stereocenters. The number of nitrogens with zero attached hydrogens (tertiary/aromatic N) is 2. The molecule has 0 aliphatic heterocycles. The van der Waals surface area contributed by atoms with Gasteiger partial charge in [0.15, 0.2) is 5.58 Å². The number of nitrogens with one attached hydrogen (secondary N) is 2. The predicted octanol–water partition coefficient (Wildman–Crippen LogP) is 4.17. The van der Waals surface area contributed by atoms with Crippen LogP contribution in [-0.2, 0) is 5.41 Å². The molecule has 0 spiro atoms. The number of aryl methyl sites for hydroxylation is 1. The smallest absolute Gasteiger partial charge is 0.330 e. The normalized spacial score (nSPS) is 11.7. The molecule has 4 aromatic rings. The molecule has 2 aromatic heterocycles. The van der Waals surface area contributed by atoms with Gasteiger partial charge in [-0.25, -0.2) is 9.78 Å². The zero-order chi connectivity index (χ0) is 20.8. The lowest BCUT2D eigenvalue weighted by Crippen LogP contribution is -2.16. The van der Waals surface area contributed by atoms with Gasteiger partial charge in [0.2, 0.25) is 5.89 Å². The van der Waals surface area contributed by atoms with Crippen LogP contribution in [0.2, 0.25) is 0 Å². The Hall–Kier alpha value is -3.61. The van der Waals surface area contributed by atoms with Crippen molar-refractivity contribution in [3.63, 3.8) is 0 Å². The van der Waals surface area contributed by atoms with Gasteiger partial charge in [-0.3, -0.25) is 9.36 Å². The standard InChI is InChI=1S/C22H22N4O3/c1-13-12-23-21(28)26(13)16-8-5-14(6-9-16)19(27)24-15-7-10-18-17(11-15)25-20(29-18)22(2,3)4/h5-12H,1-4H3,(H,23,28)(H,24,27). The molecular formula is C22H22N4O3. The lowest BCUT2D eigenvalue weighted by molar-refractivity contribution is 0.102. The van der Waals surface area contributed by atoms with Crippen molar-refractivity contribution in [2.24, 2.45) is 0 Å². The minimum absolute atomic E-state index is 0.191. The summed E-state index contributed by atoms with van der Waals surface area (Å²) in [6.45, 7) is 7.94. The van der Waals surface area contributed by atoms with Gasteiger partial charge in [0, 0.05) is 28.6 Å². The van der Waals surface area contributed by atoms with Gasteiger partial charge in [-0.2, -0.15) is 0 Å². The molecule has 148 valence electrons. The maximum Gasteiger partial charge on any atom is 0.330 e. The molecule has 0 saturated heterocycles. The van der Waals surface area contributed by atoms with Gasteiger partial charge in [0.25, 0.3) is 5.91 Å². The number of oxazole rings is 1. The molecule has 0 bridgehead atoms. The number of hydrogen-bond donors (Lipinski definition) is 2. The van der Waals surface area contributed by atoms with E-state index >= 15 is 0 Å². The summed E-state index contributed by atoms with van der Waals surface area (Å²) >= 11 is 0. The highest BCUT2D eigenvalue weighted by molar-refractivity contribution is 6.05. The number of benzene rings is 2. The van der Waals surface area contributed by atoms with E-state index in [-0.39, 0.29) is 17.0 Å². The highest BCUT2D eigenvalue weighted by Gasteiger charge is 2.21. The minimum Gasteiger partial charge on any atom is -0.440 e. The molecule has 0 radical (unpaired) electrons. The fourth-order valence-electron chi connectivity index (χ4n) is 3.07. The Bertz CT molecular complexity index is 1250. The molecule has 0 aliphatic rings. The first-order chi connectivity index (χ1) is 13.7. The summed E-state index contributed by atoms with van der Waals surface area (Å²) in [4.78, 5) is 31.7. The van der Waals surface area contributed by atoms with Crippen LogP contribution in [0.4, 0.5) is 5.69 Å². The molecule has 7 heteroatoms.